The number of imide groups is 1. The van der Waals surface area contributed by atoms with Crippen molar-refractivity contribution in [1.82, 2.24) is 4.90 Å². The number of hydrogen-bond acceptors (Lipinski definition) is 4. The fourth-order valence-electron chi connectivity index (χ4n) is 2.16. The molecule has 1 saturated heterocycles. The maximum Gasteiger partial charge on any atom is 0.416 e. The zero-order valence-electron chi connectivity index (χ0n) is 9.98. The molecule has 0 radical (unpaired) electrons. The fraction of sp³-hybridized carbons (Fsp3) is 0.667. The Morgan fingerprint density at radius 2 is 2.47 bits per heavy atom. The number of ether oxygens (including phenoxy) is 1. The molecule has 0 saturated carbocycles. The van der Waals surface area contributed by atoms with E-state index in [1.807, 2.05) is 11.8 Å². The van der Waals surface area contributed by atoms with Gasteiger partial charge in [-0.25, -0.2) is 9.69 Å². The lowest BCUT2D eigenvalue weighted by Crippen LogP contribution is -2.37. The van der Waals surface area contributed by atoms with Crippen LogP contribution in [0, 0.1) is 5.92 Å². The van der Waals surface area contributed by atoms with Crippen LogP contribution in [0.2, 0.25) is 0 Å². The van der Waals surface area contributed by atoms with Crippen molar-refractivity contribution in [2.24, 2.45) is 5.92 Å². The Hall–Kier alpha value is -0.970. The third kappa shape index (κ3) is 2.83. The van der Waals surface area contributed by atoms with E-state index in [0.717, 1.165) is 25.0 Å². The first-order chi connectivity index (χ1) is 8.22. The molecule has 2 aliphatic rings. The highest BCUT2D eigenvalue weighted by Gasteiger charge is 2.33. The highest BCUT2D eigenvalue weighted by Crippen LogP contribution is 2.31. The van der Waals surface area contributed by atoms with E-state index in [1.54, 1.807) is 0 Å². The lowest BCUT2D eigenvalue weighted by Gasteiger charge is -2.23. The molecular formula is C12H17NO3S. The molecule has 1 aliphatic heterocycles. The van der Waals surface area contributed by atoms with Crippen LogP contribution in [-0.2, 0) is 9.53 Å². The number of thioether (sulfide) groups is 1. The number of cyclic esters (lactones) is 1. The average molecular weight is 255 g/mol. The third-order valence-corrected chi connectivity index (χ3v) is 4.11. The van der Waals surface area contributed by atoms with Gasteiger partial charge in [-0.3, -0.25) is 4.79 Å². The van der Waals surface area contributed by atoms with Gasteiger partial charge >= 0.3 is 6.09 Å². The van der Waals surface area contributed by atoms with Gasteiger partial charge in [0.2, 0.25) is 5.91 Å². The van der Waals surface area contributed by atoms with E-state index in [0.29, 0.717) is 13.2 Å². The van der Waals surface area contributed by atoms with Crippen molar-refractivity contribution in [1.29, 1.82) is 0 Å². The Bertz CT molecular complexity index is 354. The Labute approximate surface area is 105 Å². The van der Waals surface area contributed by atoms with Crippen LogP contribution in [-0.4, -0.2) is 35.8 Å². The number of allylic oxidation sites excluding steroid dienone is 2. The van der Waals surface area contributed by atoms with Crippen LogP contribution in [0.15, 0.2) is 11.0 Å². The van der Waals surface area contributed by atoms with Crippen LogP contribution in [0.1, 0.15) is 26.2 Å². The minimum atomic E-state index is -0.479. The molecular weight excluding hydrogens is 238 g/mol. The monoisotopic (exact) mass is 255 g/mol. The number of carbonyl (C=O) groups excluding carboxylic acids is 2. The number of carbonyl (C=O) groups is 2. The van der Waals surface area contributed by atoms with Gasteiger partial charge in [-0.1, -0.05) is 13.0 Å². The lowest BCUT2D eigenvalue weighted by atomic mass is 9.93. The van der Waals surface area contributed by atoms with E-state index in [9.17, 15) is 9.59 Å². The molecule has 4 nitrogen and oxygen atoms in total. The summed E-state index contributed by atoms with van der Waals surface area (Å²) in [5.74, 6) is 0.967. The Morgan fingerprint density at radius 3 is 3.00 bits per heavy atom. The fourth-order valence-corrected chi connectivity index (χ4v) is 3.01. The van der Waals surface area contributed by atoms with Gasteiger partial charge in [0.1, 0.15) is 6.61 Å². The van der Waals surface area contributed by atoms with Crippen molar-refractivity contribution in [2.75, 3.05) is 18.9 Å². The topological polar surface area (TPSA) is 46.6 Å². The molecule has 94 valence electrons. The standard InChI is InChI=1S/C12H17NO3S/c1-2-17-10-5-3-9(4-6-10)11(14)13-7-8-16-12(13)15/h5,9H,2-4,6-8H2,1H3/t9-/m1/s1. The van der Waals surface area contributed by atoms with Crippen LogP contribution in [0.4, 0.5) is 4.79 Å². The smallest absolute Gasteiger partial charge is 0.416 e. The first-order valence-electron chi connectivity index (χ1n) is 6.02. The molecule has 0 N–H and O–H groups in total. The summed E-state index contributed by atoms with van der Waals surface area (Å²) < 4.78 is 4.78. The lowest BCUT2D eigenvalue weighted by molar-refractivity contribution is -0.132. The van der Waals surface area contributed by atoms with Crippen molar-refractivity contribution in [3.05, 3.63) is 11.0 Å². The molecule has 0 unspecified atom stereocenters. The maximum atomic E-state index is 12.1. The van der Waals surface area contributed by atoms with Gasteiger partial charge in [0.25, 0.3) is 0 Å². The predicted octanol–water partition coefficient (Wildman–Crippen LogP) is 2.40. The Kier molecular flexibility index (Phi) is 4.10. The molecule has 1 fully saturated rings. The summed E-state index contributed by atoms with van der Waals surface area (Å²) in [5.41, 5.74) is 0. The van der Waals surface area contributed by atoms with Gasteiger partial charge in [-0.2, -0.15) is 0 Å². The van der Waals surface area contributed by atoms with Gasteiger partial charge in [-0.05, 0) is 29.9 Å². The van der Waals surface area contributed by atoms with Crippen LogP contribution >= 0.6 is 11.8 Å². The van der Waals surface area contributed by atoms with Crippen molar-refractivity contribution in [3.63, 3.8) is 0 Å². The normalized spacial score (nSPS) is 24.5. The van der Waals surface area contributed by atoms with E-state index in [4.69, 9.17) is 4.74 Å². The number of nitrogens with zero attached hydrogens (tertiary/aromatic N) is 1. The van der Waals surface area contributed by atoms with E-state index < -0.39 is 6.09 Å². The molecule has 0 spiro atoms. The molecule has 2 amide bonds. The second-order valence-electron chi connectivity index (χ2n) is 4.18. The van der Waals surface area contributed by atoms with Gasteiger partial charge < -0.3 is 4.74 Å². The van der Waals surface area contributed by atoms with E-state index in [2.05, 4.69) is 13.0 Å². The number of hydrogen-bond donors (Lipinski definition) is 0. The van der Waals surface area contributed by atoms with Crippen molar-refractivity contribution >= 4 is 23.8 Å². The molecule has 5 heteroatoms. The maximum absolute atomic E-state index is 12.1. The van der Waals surface area contributed by atoms with Crippen molar-refractivity contribution < 1.29 is 14.3 Å². The van der Waals surface area contributed by atoms with Crippen LogP contribution < -0.4 is 0 Å². The summed E-state index contributed by atoms with van der Waals surface area (Å²) in [5, 5.41) is 0. The summed E-state index contributed by atoms with van der Waals surface area (Å²) in [4.78, 5) is 26.0. The first-order valence-corrected chi connectivity index (χ1v) is 7.01. The minimum Gasteiger partial charge on any atom is -0.447 e. The van der Waals surface area contributed by atoms with E-state index in [1.165, 1.54) is 9.81 Å². The highest BCUT2D eigenvalue weighted by atomic mass is 32.2. The summed E-state index contributed by atoms with van der Waals surface area (Å²) >= 11 is 1.84. The van der Waals surface area contributed by atoms with E-state index >= 15 is 0 Å². The molecule has 17 heavy (non-hydrogen) atoms. The molecule has 1 heterocycles. The molecule has 1 aliphatic carbocycles. The van der Waals surface area contributed by atoms with E-state index in [-0.39, 0.29) is 11.8 Å². The molecule has 2 rings (SSSR count). The highest BCUT2D eigenvalue weighted by molar-refractivity contribution is 8.03. The molecule has 0 aromatic carbocycles. The average Bonchev–Trinajstić information content (AvgIpc) is 2.76. The Morgan fingerprint density at radius 1 is 1.65 bits per heavy atom. The number of rotatable bonds is 3. The zero-order chi connectivity index (χ0) is 12.3. The van der Waals surface area contributed by atoms with Gasteiger partial charge in [0.05, 0.1) is 6.54 Å². The SMILES string of the molecule is CCSC1=CC[C@@H](C(=O)N2CCOC2=O)CC1. The molecule has 0 aromatic rings. The largest absolute Gasteiger partial charge is 0.447 e. The van der Waals surface area contributed by atoms with Gasteiger partial charge in [0, 0.05) is 5.92 Å². The summed E-state index contributed by atoms with van der Waals surface area (Å²) in [6.07, 6.45) is 4.22. The number of amides is 2. The first kappa shape index (κ1) is 12.5. The predicted molar refractivity (Wildman–Crippen MR) is 66.6 cm³/mol. The summed E-state index contributed by atoms with van der Waals surface area (Å²) in [7, 11) is 0. The Balaban J connectivity index is 1.92. The second-order valence-corrected chi connectivity index (χ2v) is 5.57. The zero-order valence-corrected chi connectivity index (χ0v) is 10.8. The molecule has 1 atom stereocenters. The quantitative estimate of drug-likeness (QED) is 0.777. The van der Waals surface area contributed by atoms with Crippen LogP contribution in [0.25, 0.3) is 0 Å². The minimum absolute atomic E-state index is 0.0399. The van der Waals surface area contributed by atoms with Gasteiger partial charge in [0.15, 0.2) is 0 Å². The summed E-state index contributed by atoms with van der Waals surface area (Å²) in [6.45, 7) is 2.88. The van der Waals surface area contributed by atoms with Crippen LogP contribution in [0.5, 0.6) is 0 Å². The van der Waals surface area contributed by atoms with Crippen molar-refractivity contribution in [2.45, 2.75) is 26.2 Å². The van der Waals surface area contributed by atoms with Crippen molar-refractivity contribution in [3.8, 4) is 0 Å². The molecule has 0 aromatic heterocycles. The summed E-state index contributed by atoms with van der Waals surface area (Å²) in [6, 6.07) is 0. The van der Waals surface area contributed by atoms with Crippen LogP contribution in [0.3, 0.4) is 0 Å². The second kappa shape index (κ2) is 5.58. The van der Waals surface area contributed by atoms with Gasteiger partial charge in [-0.15, -0.1) is 11.8 Å². The molecule has 0 bridgehead atoms. The third-order valence-electron chi connectivity index (χ3n) is 3.08.